The van der Waals surface area contributed by atoms with Crippen molar-refractivity contribution in [3.8, 4) is 0 Å². The topological polar surface area (TPSA) is 75.5 Å². The minimum absolute atomic E-state index is 0.0572. The number of hydrogen-bond acceptors (Lipinski definition) is 5. The van der Waals surface area contributed by atoms with E-state index in [1.165, 1.54) is 10.6 Å². The number of aryl methyl sites for hydroxylation is 2. The first-order valence-corrected chi connectivity index (χ1v) is 12.6. The molecule has 9 heteroatoms. The molecule has 156 valence electrons. The highest BCUT2D eigenvalue weighted by molar-refractivity contribution is 8.03. The highest BCUT2D eigenvalue weighted by Gasteiger charge is 2.33. The van der Waals surface area contributed by atoms with Gasteiger partial charge in [0.2, 0.25) is 15.9 Å². The third-order valence-electron chi connectivity index (χ3n) is 5.66. The normalized spacial score (nSPS) is 20.5. The van der Waals surface area contributed by atoms with Crippen molar-refractivity contribution in [3.05, 3.63) is 22.0 Å². The van der Waals surface area contributed by atoms with Gasteiger partial charge in [0, 0.05) is 36.6 Å². The molecular weight excluding hydrogens is 396 g/mol. The van der Waals surface area contributed by atoms with Gasteiger partial charge in [-0.1, -0.05) is 19.3 Å². The van der Waals surface area contributed by atoms with Crippen LogP contribution in [-0.4, -0.2) is 64.5 Å². The average molecular weight is 427 g/mol. The molecule has 1 aliphatic carbocycles. The maximum absolute atomic E-state index is 13.1. The predicted octanol–water partition coefficient (Wildman–Crippen LogP) is 2.51. The van der Waals surface area contributed by atoms with E-state index in [4.69, 9.17) is 0 Å². The number of rotatable bonds is 5. The second kappa shape index (κ2) is 8.59. The van der Waals surface area contributed by atoms with E-state index in [0.29, 0.717) is 6.54 Å². The largest absolute Gasteiger partial charge is 0.305 e. The molecule has 3 rings (SSSR count). The summed E-state index contributed by atoms with van der Waals surface area (Å²) < 4.78 is 28.0. The van der Waals surface area contributed by atoms with Gasteiger partial charge in [0.1, 0.15) is 0 Å². The molecular formula is C19H30N4O3S2. The fraction of sp³-hybridized carbons (Fsp3) is 0.684. The molecule has 2 aliphatic rings. The lowest BCUT2D eigenvalue weighted by molar-refractivity contribution is -0.129. The Morgan fingerprint density at radius 1 is 1.29 bits per heavy atom. The second-order valence-corrected chi connectivity index (χ2v) is 10.7. The number of aromatic nitrogens is 2. The summed E-state index contributed by atoms with van der Waals surface area (Å²) in [6, 6.07) is -0.0572. The van der Waals surface area contributed by atoms with Crippen LogP contribution in [-0.2, 0) is 21.9 Å². The Hall–Kier alpha value is -1.32. The van der Waals surface area contributed by atoms with Crippen molar-refractivity contribution in [2.24, 2.45) is 7.05 Å². The van der Waals surface area contributed by atoms with Gasteiger partial charge in [-0.25, -0.2) is 8.42 Å². The fourth-order valence-corrected chi connectivity index (χ4v) is 6.15. The van der Waals surface area contributed by atoms with Gasteiger partial charge >= 0.3 is 0 Å². The predicted molar refractivity (Wildman–Crippen MR) is 113 cm³/mol. The first-order valence-electron chi connectivity index (χ1n) is 9.80. The van der Waals surface area contributed by atoms with E-state index in [0.717, 1.165) is 59.8 Å². The molecule has 0 radical (unpaired) electrons. The van der Waals surface area contributed by atoms with Gasteiger partial charge in [-0.3, -0.25) is 9.48 Å². The number of sulfonamides is 1. The van der Waals surface area contributed by atoms with Gasteiger partial charge < -0.3 is 4.90 Å². The van der Waals surface area contributed by atoms with E-state index in [2.05, 4.69) is 5.10 Å². The molecule has 1 amide bonds. The van der Waals surface area contributed by atoms with E-state index in [9.17, 15) is 13.2 Å². The van der Waals surface area contributed by atoms with E-state index in [-0.39, 0.29) is 18.5 Å². The summed E-state index contributed by atoms with van der Waals surface area (Å²) in [5.41, 5.74) is 2.99. The molecule has 1 aromatic rings. The molecule has 2 heterocycles. The summed E-state index contributed by atoms with van der Waals surface area (Å²) in [4.78, 5) is 14.8. The molecule has 28 heavy (non-hydrogen) atoms. The third-order valence-corrected chi connectivity index (χ3v) is 7.96. The summed E-state index contributed by atoms with van der Waals surface area (Å²) in [6.07, 6.45) is 8.09. The van der Waals surface area contributed by atoms with Crippen LogP contribution in [0.3, 0.4) is 0 Å². The summed E-state index contributed by atoms with van der Waals surface area (Å²) >= 11 is 1.63. The Bertz CT molecular complexity index is 870. The van der Waals surface area contributed by atoms with Crippen LogP contribution < -0.4 is 0 Å². The summed E-state index contributed by atoms with van der Waals surface area (Å²) in [5, 5.41) is 5.31. The van der Waals surface area contributed by atoms with Crippen LogP contribution in [0.15, 0.2) is 5.03 Å². The van der Waals surface area contributed by atoms with Gasteiger partial charge in [-0.05, 0) is 32.8 Å². The minimum atomic E-state index is -3.43. The Morgan fingerprint density at radius 3 is 2.54 bits per heavy atom. The first kappa shape index (κ1) is 21.4. The van der Waals surface area contributed by atoms with E-state index >= 15 is 0 Å². The number of hydrogen-bond donors (Lipinski definition) is 0. The highest BCUT2D eigenvalue weighted by Crippen LogP contribution is 2.32. The Morgan fingerprint density at radius 2 is 1.96 bits per heavy atom. The molecule has 0 N–H and O–H groups in total. The zero-order chi connectivity index (χ0) is 20.5. The number of carbonyl (C=O) groups is 1. The molecule has 0 aromatic carbocycles. The number of thioether (sulfide) groups is 1. The van der Waals surface area contributed by atoms with E-state index in [1.54, 1.807) is 16.7 Å². The quantitative estimate of drug-likeness (QED) is 0.723. The highest BCUT2D eigenvalue weighted by atomic mass is 32.2. The summed E-state index contributed by atoms with van der Waals surface area (Å²) in [7, 11) is -1.52. The van der Waals surface area contributed by atoms with Gasteiger partial charge in [0.25, 0.3) is 0 Å². The van der Waals surface area contributed by atoms with Crippen LogP contribution in [0.2, 0.25) is 0 Å². The van der Waals surface area contributed by atoms with Crippen LogP contribution >= 0.6 is 11.8 Å². The Kier molecular flexibility index (Phi) is 6.56. The van der Waals surface area contributed by atoms with Crippen molar-refractivity contribution < 1.29 is 13.2 Å². The average Bonchev–Trinajstić information content (AvgIpc) is 3.19. The third kappa shape index (κ3) is 4.63. The van der Waals surface area contributed by atoms with Crippen LogP contribution in [0.1, 0.15) is 49.1 Å². The summed E-state index contributed by atoms with van der Waals surface area (Å²) in [6.45, 7) is 4.49. The van der Waals surface area contributed by atoms with Gasteiger partial charge in [0.15, 0.2) is 0 Å². The monoisotopic (exact) mass is 426 g/mol. The lowest BCUT2D eigenvalue weighted by atomic mass is 9.95. The van der Waals surface area contributed by atoms with Gasteiger partial charge in [-0.15, -0.1) is 11.8 Å². The zero-order valence-electron chi connectivity index (χ0n) is 17.1. The van der Waals surface area contributed by atoms with E-state index in [1.807, 2.05) is 31.7 Å². The maximum Gasteiger partial charge on any atom is 0.242 e. The molecule has 0 spiro atoms. The Labute approximate surface area is 172 Å². The first-order chi connectivity index (χ1) is 13.2. The summed E-state index contributed by atoms with van der Waals surface area (Å²) in [5.74, 6) is 0.671. The molecule has 1 aliphatic heterocycles. The van der Waals surface area contributed by atoms with Crippen LogP contribution in [0.5, 0.6) is 0 Å². The van der Waals surface area contributed by atoms with Crippen molar-refractivity contribution in [1.29, 1.82) is 0 Å². The SMILES string of the molecule is Cc1nn(C)c(C)c1/C=C1/SCCN1C(=O)CN(C1CCCCC1)S(C)(=O)=O. The van der Waals surface area contributed by atoms with Crippen LogP contribution in [0.25, 0.3) is 6.08 Å². The standard InChI is InChI=1S/C19H30N4O3S2/c1-14-17(15(2)21(3)20-14)12-19-22(10-11-27-19)18(24)13-23(28(4,25)26)16-8-6-5-7-9-16/h12,16H,5-11,13H2,1-4H3/b19-12+. The van der Waals surface area contributed by atoms with Crippen LogP contribution in [0, 0.1) is 13.8 Å². The Balaban J connectivity index is 1.80. The molecule has 0 atom stereocenters. The fourth-order valence-electron chi connectivity index (χ4n) is 4.02. The molecule has 1 saturated heterocycles. The number of nitrogens with zero attached hydrogens (tertiary/aromatic N) is 4. The molecule has 0 bridgehead atoms. The molecule has 2 fully saturated rings. The molecule has 0 unspecified atom stereocenters. The molecule has 1 saturated carbocycles. The lowest BCUT2D eigenvalue weighted by Crippen LogP contribution is -2.47. The van der Waals surface area contributed by atoms with Crippen molar-refractivity contribution >= 4 is 33.8 Å². The van der Waals surface area contributed by atoms with Gasteiger partial charge in [-0.2, -0.15) is 9.40 Å². The molecule has 7 nitrogen and oxygen atoms in total. The number of carbonyl (C=O) groups excluding carboxylic acids is 1. The number of amides is 1. The zero-order valence-corrected chi connectivity index (χ0v) is 18.8. The van der Waals surface area contributed by atoms with Crippen molar-refractivity contribution in [2.45, 2.75) is 52.0 Å². The second-order valence-electron chi connectivity index (χ2n) is 7.68. The molecule has 1 aromatic heterocycles. The smallest absolute Gasteiger partial charge is 0.242 e. The van der Waals surface area contributed by atoms with E-state index < -0.39 is 10.0 Å². The van der Waals surface area contributed by atoms with Crippen molar-refractivity contribution in [1.82, 2.24) is 19.0 Å². The van der Waals surface area contributed by atoms with Gasteiger partial charge in [0.05, 0.1) is 23.5 Å². The van der Waals surface area contributed by atoms with Crippen molar-refractivity contribution in [3.63, 3.8) is 0 Å². The maximum atomic E-state index is 13.1. The van der Waals surface area contributed by atoms with Crippen molar-refractivity contribution in [2.75, 3.05) is 25.1 Å². The minimum Gasteiger partial charge on any atom is -0.305 e. The lowest BCUT2D eigenvalue weighted by Gasteiger charge is -2.33. The van der Waals surface area contributed by atoms with Crippen LogP contribution in [0.4, 0.5) is 0 Å².